The molecule has 4 nitrogen and oxygen atoms in total. The molecule has 0 saturated carbocycles. The van der Waals surface area contributed by atoms with E-state index in [9.17, 15) is 14.4 Å². The lowest BCUT2D eigenvalue weighted by Gasteiger charge is -2.22. The summed E-state index contributed by atoms with van der Waals surface area (Å²) in [4.78, 5) is 37.4. The molecule has 2 aromatic rings. The van der Waals surface area contributed by atoms with E-state index in [0.29, 0.717) is 10.4 Å². The van der Waals surface area contributed by atoms with Crippen LogP contribution >= 0.6 is 11.3 Å². The largest absolute Gasteiger partial charge is 0.468 e. The number of thiophene rings is 1. The minimum absolute atomic E-state index is 0.244. The third-order valence-electron chi connectivity index (χ3n) is 3.43. The first-order valence-corrected chi connectivity index (χ1v) is 7.65. The minimum atomic E-state index is -1.14. The summed E-state index contributed by atoms with van der Waals surface area (Å²) in [6.07, 6.45) is 0. The van der Waals surface area contributed by atoms with Crippen molar-refractivity contribution in [2.24, 2.45) is 5.92 Å². The van der Waals surface area contributed by atoms with Gasteiger partial charge < -0.3 is 4.74 Å². The second-order valence-corrected chi connectivity index (χ2v) is 5.79. The van der Waals surface area contributed by atoms with Crippen LogP contribution in [0.5, 0.6) is 0 Å². The van der Waals surface area contributed by atoms with E-state index in [0.717, 1.165) is 0 Å². The van der Waals surface area contributed by atoms with E-state index in [1.165, 1.54) is 25.4 Å². The summed E-state index contributed by atoms with van der Waals surface area (Å²) in [5.41, 5.74) is 0.631. The summed E-state index contributed by atoms with van der Waals surface area (Å²) in [5.74, 6) is -3.32. The molecule has 5 heteroatoms. The lowest BCUT2D eigenvalue weighted by molar-refractivity contribution is -0.149. The van der Waals surface area contributed by atoms with Crippen molar-refractivity contribution in [3.8, 4) is 0 Å². The summed E-state index contributed by atoms with van der Waals surface area (Å²) in [7, 11) is 1.22. The average Bonchev–Trinajstić information content (AvgIpc) is 3.06. The number of ketones is 2. The van der Waals surface area contributed by atoms with Gasteiger partial charge in [0.2, 0.25) is 0 Å². The van der Waals surface area contributed by atoms with Crippen molar-refractivity contribution in [1.29, 1.82) is 0 Å². The molecular weight excluding hydrogens is 300 g/mol. The molecule has 0 fully saturated rings. The fourth-order valence-electron chi connectivity index (χ4n) is 2.39. The first kappa shape index (κ1) is 16.1. The Balaban J connectivity index is 2.52. The van der Waals surface area contributed by atoms with Crippen molar-refractivity contribution in [2.45, 2.75) is 12.8 Å². The van der Waals surface area contributed by atoms with Crippen molar-refractivity contribution >= 4 is 28.9 Å². The van der Waals surface area contributed by atoms with E-state index in [2.05, 4.69) is 0 Å². The van der Waals surface area contributed by atoms with Crippen LogP contribution in [0.1, 0.15) is 28.1 Å². The molecule has 0 aliphatic heterocycles. The molecule has 1 heterocycles. The molecule has 0 saturated heterocycles. The van der Waals surface area contributed by atoms with Gasteiger partial charge in [-0.05, 0) is 23.9 Å². The van der Waals surface area contributed by atoms with Gasteiger partial charge in [-0.3, -0.25) is 14.4 Å². The van der Waals surface area contributed by atoms with E-state index in [1.54, 1.807) is 41.8 Å². The first-order valence-electron chi connectivity index (χ1n) is 6.77. The predicted molar refractivity (Wildman–Crippen MR) is 84.0 cm³/mol. The molecule has 0 radical (unpaired) electrons. The normalized spacial score (nSPS) is 13.2. The molecule has 0 N–H and O–H groups in total. The number of hydrogen-bond acceptors (Lipinski definition) is 5. The molecule has 2 atom stereocenters. The van der Waals surface area contributed by atoms with Crippen molar-refractivity contribution in [3.05, 3.63) is 58.3 Å². The van der Waals surface area contributed by atoms with E-state index in [-0.39, 0.29) is 11.6 Å². The van der Waals surface area contributed by atoms with Crippen LogP contribution in [0.25, 0.3) is 0 Å². The zero-order valence-electron chi connectivity index (χ0n) is 12.3. The van der Waals surface area contributed by atoms with Gasteiger partial charge in [-0.1, -0.05) is 36.4 Å². The molecule has 0 amide bonds. The molecule has 0 aliphatic rings. The summed E-state index contributed by atoms with van der Waals surface area (Å²) in [6.45, 7) is 1.30. The van der Waals surface area contributed by atoms with Gasteiger partial charge in [-0.2, -0.15) is 0 Å². The summed E-state index contributed by atoms with van der Waals surface area (Å²) >= 11 is 1.29. The molecule has 114 valence electrons. The number of carbonyl (C=O) groups excluding carboxylic acids is 3. The maximum absolute atomic E-state index is 12.8. The maximum atomic E-state index is 12.8. The van der Waals surface area contributed by atoms with Gasteiger partial charge in [0.05, 0.1) is 17.9 Å². The number of hydrogen-bond donors (Lipinski definition) is 0. The minimum Gasteiger partial charge on any atom is -0.468 e. The van der Waals surface area contributed by atoms with Gasteiger partial charge in [0.25, 0.3) is 0 Å². The van der Waals surface area contributed by atoms with Crippen molar-refractivity contribution < 1.29 is 19.1 Å². The highest BCUT2D eigenvalue weighted by molar-refractivity contribution is 7.12. The topological polar surface area (TPSA) is 60.4 Å². The van der Waals surface area contributed by atoms with Gasteiger partial charge in [0.15, 0.2) is 5.78 Å². The zero-order valence-corrected chi connectivity index (χ0v) is 13.1. The van der Waals surface area contributed by atoms with Gasteiger partial charge in [-0.25, -0.2) is 0 Å². The van der Waals surface area contributed by atoms with Crippen LogP contribution in [0.3, 0.4) is 0 Å². The van der Waals surface area contributed by atoms with E-state index in [1.807, 2.05) is 6.07 Å². The van der Waals surface area contributed by atoms with E-state index < -0.39 is 17.8 Å². The number of benzene rings is 1. The molecule has 0 spiro atoms. The third kappa shape index (κ3) is 3.31. The molecule has 2 rings (SSSR count). The quantitative estimate of drug-likeness (QED) is 0.467. The van der Waals surface area contributed by atoms with Gasteiger partial charge in [0.1, 0.15) is 11.7 Å². The molecule has 1 aromatic carbocycles. The van der Waals surface area contributed by atoms with Crippen molar-refractivity contribution in [1.82, 2.24) is 0 Å². The number of rotatable bonds is 6. The standard InChI is InChI=1S/C17H16O4S/c1-11(18)14(17(20)21-2)15(12-7-4-3-5-8-12)16(19)13-9-6-10-22-13/h3-10,14-15H,1-2H3. The van der Waals surface area contributed by atoms with Gasteiger partial charge in [-0.15, -0.1) is 11.3 Å². The van der Waals surface area contributed by atoms with Gasteiger partial charge >= 0.3 is 5.97 Å². The van der Waals surface area contributed by atoms with Crippen LogP contribution in [0.2, 0.25) is 0 Å². The Bertz CT molecular complexity index is 661. The summed E-state index contributed by atoms with van der Waals surface area (Å²) in [5, 5.41) is 1.79. The Kier molecular flexibility index (Phi) is 5.22. The fourth-order valence-corrected chi connectivity index (χ4v) is 3.10. The van der Waals surface area contributed by atoms with Crippen molar-refractivity contribution in [3.63, 3.8) is 0 Å². The van der Waals surface area contributed by atoms with E-state index >= 15 is 0 Å². The Morgan fingerprint density at radius 1 is 1.05 bits per heavy atom. The number of Topliss-reactive ketones (excluding diaryl/α,β-unsaturated/α-hetero) is 2. The molecule has 0 bridgehead atoms. The number of ether oxygens (including phenoxy) is 1. The van der Waals surface area contributed by atoms with E-state index in [4.69, 9.17) is 4.74 Å². The SMILES string of the molecule is COC(=O)C(C(C)=O)C(C(=O)c1cccs1)c1ccccc1. The number of carbonyl (C=O) groups is 3. The zero-order chi connectivity index (χ0) is 16.1. The van der Waals surface area contributed by atoms with Crippen LogP contribution < -0.4 is 0 Å². The highest BCUT2D eigenvalue weighted by Gasteiger charge is 2.39. The van der Waals surface area contributed by atoms with Crippen LogP contribution in [-0.4, -0.2) is 24.6 Å². The highest BCUT2D eigenvalue weighted by atomic mass is 32.1. The molecule has 2 unspecified atom stereocenters. The van der Waals surface area contributed by atoms with Crippen LogP contribution in [0, 0.1) is 5.92 Å². The Labute approximate surface area is 132 Å². The molecular formula is C17H16O4S. The molecule has 0 aliphatic carbocycles. The number of esters is 1. The molecule has 22 heavy (non-hydrogen) atoms. The lowest BCUT2D eigenvalue weighted by atomic mass is 9.80. The monoisotopic (exact) mass is 316 g/mol. The second kappa shape index (κ2) is 7.13. The maximum Gasteiger partial charge on any atom is 0.317 e. The molecule has 1 aromatic heterocycles. The Hall–Kier alpha value is -2.27. The summed E-state index contributed by atoms with van der Waals surface area (Å²) in [6, 6.07) is 12.3. The predicted octanol–water partition coefficient (Wildman–Crippen LogP) is 3.09. The smallest absolute Gasteiger partial charge is 0.317 e. The van der Waals surface area contributed by atoms with Crippen molar-refractivity contribution in [2.75, 3.05) is 7.11 Å². The van der Waals surface area contributed by atoms with Crippen LogP contribution in [0.4, 0.5) is 0 Å². The van der Waals surface area contributed by atoms with Crippen LogP contribution in [-0.2, 0) is 14.3 Å². The lowest BCUT2D eigenvalue weighted by Crippen LogP contribution is -2.34. The highest BCUT2D eigenvalue weighted by Crippen LogP contribution is 2.31. The second-order valence-electron chi connectivity index (χ2n) is 4.84. The first-order chi connectivity index (χ1) is 10.6. The summed E-state index contributed by atoms with van der Waals surface area (Å²) < 4.78 is 4.74. The third-order valence-corrected chi connectivity index (χ3v) is 4.32. The Morgan fingerprint density at radius 3 is 2.23 bits per heavy atom. The fraction of sp³-hybridized carbons (Fsp3) is 0.235. The number of methoxy groups -OCH3 is 1. The van der Waals surface area contributed by atoms with Crippen LogP contribution in [0.15, 0.2) is 47.8 Å². The Morgan fingerprint density at radius 2 is 1.73 bits per heavy atom. The van der Waals surface area contributed by atoms with Gasteiger partial charge in [0, 0.05) is 0 Å². The average molecular weight is 316 g/mol.